The van der Waals surface area contributed by atoms with Crippen LogP contribution in [0.25, 0.3) is 0 Å². The van der Waals surface area contributed by atoms with Crippen molar-refractivity contribution in [1.82, 2.24) is 4.98 Å². The first-order valence-electron chi connectivity index (χ1n) is 21.2. The van der Waals surface area contributed by atoms with Crippen molar-refractivity contribution < 1.29 is 4.74 Å². The molecular formula is C54H62N4O. The smallest absolute Gasteiger partial charge is 0.137 e. The number of para-hydroxylation sites is 1. The summed E-state index contributed by atoms with van der Waals surface area (Å²) in [5.41, 5.74) is 17.1. The fourth-order valence-corrected chi connectivity index (χ4v) is 9.27. The second-order valence-electron chi connectivity index (χ2n) is 20.5. The third-order valence-electron chi connectivity index (χ3n) is 12.4. The van der Waals surface area contributed by atoms with Gasteiger partial charge in [-0.2, -0.15) is 0 Å². The van der Waals surface area contributed by atoms with Crippen molar-refractivity contribution in [3.63, 3.8) is 0 Å². The molecule has 2 aliphatic heterocycles. The molecule has 0 spiro atoms. The van der Waals surface area contributed by atoms with Crippen LogP contribution in [-0.2, 0) is 21.7 Å². The van der Waals surface area contributed by atoms with E-state index in [0.717, 1.165) is 34.4 Å². The average Bonchev–Trinajstić information content (AvgIpc) is 3.52. The lowest BCUT2D eigenvalue weighted by atomic mass is 9.73. The monoisotopic (exact) mass is 782 g/mol. The molecule has 0 aliphatic carbocycles. The number of hydrogen-bond acceptors (Lipinski definition) is 5. The quantitative estimate of drug-likeness (QED) is 0.174. The Hall–Kier alpha value is -5.55. The number of hydrogen-bond donors (Lipinski definition) is 0. The molecule has 0 radical (unpaired) electrons. The molecule has 0 bridgehead atoms. The summed E-state index contributed by atoms with van der Waals surface area (Å²) in [5, 5.41) is 0. The van der Waals surface area contributed by atoms with Crippen molar-refractivity contribution in [2.45, 2.75) is 119 Å². The van der Waals surface area contributed by atoms with Crippen LogP contribution >= 0.6 is 0 Å². The van der Waals surface area contributed by atoms with Gasteiger partial charge in [-0.1, -0.05) is 130 Å². The Kier molecular flexibility index (Phi) is 9.57. The molecule has 8 rings (SSSR count). The Morgan fingerprint density at radius 1 is 0.559 bits per heavy atom. The summed E-state index contributed by atoms with van der Waals surface area (Å²) in [6, 6.07) is 37.8. The molecule has 5 aromatic carbocycles. The van der Waals surface area contributed by atoms with Gasteiger partial charge in [-0.05, 0) is 118 Å². The Morgan fingerprint density at radius 3 is 1.90 bits per heavy atom. The van der Waals surface area contributed by atoms with Crippen molar-refractivity contribution in [1.29, 1.82) is 0 Å². The highest BCUT2D eigenvalue weighted by atomic mass is 16.5. The standard InChI is InChI=1S/C54H62N4O/c1-34-26-35(2)49(36(3)27-34)57-33-56(50-44(53(10,11)12)28-38(29-47(50)57)52(7,8)9)39-18-17-19-40(31-39)59-41-22-23-43-46(32-41)58(45-21-16-15-20-42(45)54(43,13)14)48-30-37(24-25-55-48)51(4,5)6/h15-32H,33H2,1-14H3. The summed E-state index contributed by atoms with van der Waals surface area (Å²) in [5.74, 6) is 2.48. The van der Waals surface area contributed by atoms with Crippen LogP contribution in [0.3, 0.4) is 0 Å². The van der Waals surface area contributed by atoms with E-state index in [0.29, 0.717) is 6.67 Å². The zero-order chi connectivity index (χ0) is 42.4. The minimum absolute atomic E-state index is 0.00750. The fraction of sp³-hybridized carbons (Fsp3) is 0.352. The highest BCUT2D eigenvalue weighted by molar-refractivity contribution is 5.92. The number of pyridine rings is 1. The number of rotatable bonds is 5. The van der Waals surface area contributed by atoms with Gasteiger partial charge in [-0.3, -0.25) is 4.90 Å². The van der Waals surface area contributed by atoms with E-state index in [1.165, 1.54) is 61.6 Å². The molecular weight excluding hydrogens is 721 g/mol. The van der Waals surface area contributed by atoms with Gasteiger partial charge in [0.1, 0.15) is 24.0 Å². The molecule has 304 valence electrons. The minimum Gasteiger partial charge on any atom is -0.457 e. The molecule has 0 atom stereocenters. The second-order valence-corrected chi connectivity index (χ2v) is 20.5. The molecule has 0 N–H and O–H groups in total. The highest BCUT2D eigenvalue weighted by Gasteiger charge is 2.39. The molecule has 2 aliphatic rings. The van der Waals surface area contributed by atoms with Gasteiger partial charge in [0.25, 0.3) is 0 Å². The van der Waals surface area contributed by atoms with Gasteiger partial charge < -0.3 is 14.5 Å². The van der Waals surface area contributed by atoms with E-state index in [1.807, 2.05) is 6.20 Å². The molecule has 0 saturated heterocycles. The molecule has 5 nitrogen and oxygen atoms in total. The van der Waals surface area contributed by atoms with E-state index in [-0.39, 0.29) is 21.7 Å². The molecule has 1 aromatic heterocycles. The van der Waals surface area contributed by atoms with E-state index in [2.05, 4.69) is 215 Å². The Morgan fingerprint density at radius 2 is 1.22 bits per heavy atom. The van der Waals surface area contributed by atoms with Gasteiger partial charge in [0.2, 0.25) is 0 Å². The summed E-state index contributed by atoms with van der Waals surface area (Å²) >= 11 is 0. The SMILES string of the molecule is Cc1cc(C)c(N2CN(c3cccc(Oc4ccc5c(c4)N(c4cc(C(C)(C)C)ccn4)c4ccccc4C5(C)C)c3)c3c2cc(C(C)(C)C)cc3C(C)(C)C)c(C)c1. The lowest BCUT2D eigenvalue weighted by Crippen LogP contribution is -2.31. The normalized spacial score (nSPS) is 14.9. The maximum absolute atomic E-state index is 6.89. The first-order valence-corrected chi connectivity index (χ1v) is 21.2. The molecule has 5 heteroatoms. The van der Waals surface area contributed by atoms with Gasteiger partial charge >= 0.3 is 0 Å². The minimum atomic E-state index is -0.219. The van der Waals surface area contributed by atoms with Crippen LogP contribution in [0.4, 0.5) is 39.9 Å². The van der Waals surface area contributed by atoms with Crippen molar-refractivity contribution in [2.24, 2.45) is 0 Å². The maximum atomic E-state index is 6.89. The number of ether oxygens (including phenoxy) is 1. The number of benzene rings is 5. The Balaban J connectivity index is 1.23. The van der Waals surface area contributed by atoms with E-state index >= 15 is 0 Å². The largest absolute Gasteiger partial charge is 0.457 e. The van der Waals surface area contributed by atoms with Crippen molar-refractivity contribution in [3.05, 3.63) is 154 Å². The molecule has 59 heavy (non-hydrogen) atoms. The third-order valence-corrected chi connectivity index (χ3v) is 12.4. The van der Waals surface area contributed by atoms with Gasteiger partial charge in [-0.25, -0.2) is 4.98 Å². The summed E-state index contributed by atoms with van der Waals surface area (Å²) in [6.07, 6.45) is 1.94. The zero-order valence-corrected chi connectivity index (χ0v) is 37.8. The van der Waals surface area contributed by atoms with Crippen molar-refractivity contribution in [2.75, 3.05) is 21.4 Å². The third kappa shape index (κ3) is 7.17. The fourth-order valence-electron chi connectivity index (χ4n) is 9.27. The van der Waals surface area contributed by atoms with Crippen LogP contribution in [0.2, 0.25) is 0 Å². The van der Waals surface area contributed by atoms with Gasteiger partial charge in [-0.15, -0.1) is 0 Å². The Labute approximate surface area is 353 Å². The van der Waals surface area contributed by atoms with Crippen LogP contribution in [0, 0.1) is 20.8 Å². The van der Waals surface area contributed by atoms with E-state index in [1.54, 1.807) is 0 Å². The molecule has 6 aromatic rings. The summed E-state index contributed by atoms with van der Waals surface area (Å²) in [6.45, 7) is 32.8. The van der Waals surface area contributed by atoms with E-state index in [9.17, 15) is 0 Å². The Bertz CT molecular complexity index is 2570. The van der Waals surface area contributed by atoms with Gasteiger partial charge in [0.05, 0.1) is 22.7 Å². The predicted octanol–water partition coefficient (Wildman–Crippen LogP) is 15.0. The number of fused-ring (bicyclic) bond motifs is 3. The van der Waals surface area contributed by atoms with Crippen LogP contribution in [0.15, 0.2) is 109 Å². The summed E-state index contributed by atoms with van der Waals surface area (Å²) < 4.78 is 6.89. The van der Waals surface area contributed by atoms with Crippen LogP contribution in [-0.4, -0.2) is 11.7 Å². The predicted molar refractivity (Wildman–Crippen MR) is 250 cm³/mol. The molecule has 3 heterocycles. The number of nitrogens with zero attached hydrogens (tertiary/aromatic N) is 4. The number of aromatic nitrogens is 1. The topological polar surface area (TPSA) is 31.8 Å². The first kappa shape index (κ1) is 40.2. The number of anilines is 7. The maximum Gasteiger partial charge on any atom is 0.137 e. The van der Waals surface area contributed by atoms with Crippen molar-refractivity contribution >= 4 is 39.9 Å². The van der Waals surface area contributed by atoms with Gasteiger partial charge in [0.15, 0.2) is 0 Å². The average molecular weight is 783 g/mol. The molecule has 0 amide bonds. The van der Waals surface area contributed by atoms with Crippen molar-refractivity contribution in [3.8, 4) is 11.5 Å². The molecule has 0 unspecified atom stereocenters. The molecule has 0 fully saturated rings. The van der Waals surface area contributed by atoms with Crippen LogP contribution < -0.4 is 19.4 Å². The van der Waals surface area contributed by atoms with E-state index < -0.39 is 0 Å². The summed E-state index contributed by atoms with van der Waals surface area (Å²) in [4.78, 5) is 12.3. The molecule has 0 saturated carbocycles. The number of aryl methyl sites for hydroxylation is 3. The second kappa shape index (κ2) is 14.0. The van der Waals surface area contributed by atoms with E-state index in [4.69, 9.17) is 9.72 Å². The summed E-state index contributed by atoms with van der Waals surface area (Å²) in [7, 11) is 0. The lowest BCUT2D eigenvalue weighted by Gasteiger charge is -2.41. The first-order chi connectivity index (χ1) is 27.6. The lowest BCUT2D eigenvalue weighted by molar-refractivity contribution is 0.482. The van der Waals surface area contributed by atoms with Crippen LogP contribution in [0.5, 0.6) is 11.5 Å². The van der Waals surface area contributed by atoms with Crippen LogP contribution in [0.1, 0.15) is 121 Å². The zero-order valence-electron chi connectivity index (χ0n) is 37.8. The highest BCUT2D eigenvalue weighted by Crippen LogP contribution is 2.54. The van der Waals surface area contributed by atoms with Gasteiger partial charge in [0, 0.05) is 35.1 Å².